The standard InChI is InChI=1S/C9H19N3O/c1-9(2,11)4-6-12-5-3-7(12)8(10)13/h7H,3-6,11H2,1-2H3,(H2,10,13). The van der Waals surface area contributed by atoms with Crippen molar-refractivity contribution in [1.29, 1.82) is 0 Å². The fourth-order valence-corrected chi connectivity index (χ4v) is 1.46. The second kappa shape index (κ2) is 3.64. The van der Waals surface area contributed by atoms with Gasteiger partial charge in [0.25, 0.3) is 0 Å². The molecule has 0 aliphatic carbocycles. The molecule has 0 saturated carbocycles. The van der Waals surface area contributed by atoms with E-state index in [1.165, 1.54) is 0 Å². The van der Waals surface area contributed by atoms with Crippen molar-refractivity contribution < 1.29 is 4.79 Å². The molecule has 1 aliphatic heterocycles. The first-order valence-electron chi connectivity index (χ1n) is 4.72. The van der Waals surface area contributed by atoms with Crippen molar-refractivity contribution in [2.24, 2.45) is 11.5 Å². The molecule has 0 radical (unpaired) electrons. The van der Waals surface area contributed by atoms with Gasteiger partial charge in [-0.2, -0.15) is 0 Å². The Morgan fingerprint density at radius 3 is 2.54 bits per heavy atom. The number of carbonyl (C=O) groups excluding carboxylic acids is 1. The van der Waals surface area contributed by atoms with E-state index in [0.29, 0.717) is 0 Å². The first kappa shape index (κ1) is 10.5. The lowest BCUT2D eigenvalue weighted by Crippen LogP contribution is -2.56. The molecule has 0 bridgehead atoms. The third-order valence-electron chi connectivity index (χ3n) is 2.50. The van der Waals surface area contributed by atoms with Crippen LogP contribution in [0.4, 0.5) is 0 Å². The highest BCUT2D eigenvalue weighted by atomic mass is 16.1. The van der Waals surface area contributed by atoms with Crippen molar-refractivity contribution in [2.75, 3.05) is 13.1 Å². The molecule has 13 heavy (non-hydrogen) atoms. The number of carbonyl (C=O) groups is 1. The quantitative estimate of drug-likeness (QED) is 0.630. The smallest absolute Gasteiger partial charge is 0.234 e. The molecule has 1 saturated heterocycles. The van der Waals surface area contributed by atoms with Crippen molar-refractivity contribution in [3.05, 3.63) is 0 Å². The van der Waals surface area contributed by atoms with Crippen LogP contribution in [0.5, 0.6) is 0 Å². The van der Waals surface area contributed by atoms with Gasteiger partial charge in [0.15, 0.2) is 0 Å². The van der Waals surface area contributed by atoms with Crippen LogP contribution in [0.1, 0.15) is 26.7 Å². The van der Waals surface area contributed by atoms with Crippen LogP contribution < -0.4 is 11.5 Å². The predicted molar refractivity (Wildman–Crippen MR) is 52.1 cm³/mol. The summed E-state index contributed by atoms with van der Waals surface area (Å²) >= 11 is 0. The van der Waals surface area contributed by atoms with E-state index in [0.717, 1.165) is 25.9 Å². The maximum atomic E-state index is 10.9. The summed E-state index contributed by atoms with van der Waals surface area (Å²) in [6.45, 7) is 5.83. The van der Waals surface area contributed by atoms with Crippen LogP contribution in [0.25, 0.3) is 0 Å². The number of nitrogens with zero attached hydrogens (tertiary/aromatic N) is 1. The van der Waals surface area contributed by atoms with Gasteiger partial charge in [-0.25, -0.2) is 0 Å². The van der Waals surface area contributed by atoms with Gasteiger partial charge >= 0.3 is 0 Å². The number of nitrogens with two attached hydrogens (primary N) is 2. The van der Waals surface area contributed by atoms with Crippen molar-refractivity contribution in [1.82, 2.24) is 4.90 Å². The molecule has 1 unspecified atom stereocenters. The Morgan fingerprint density at radius 1 is 1.62 bits per heavy atom. The van der Waals surface area contributed by atoms with Gasteiger partial charge in [0, 0.05) is 18.6 Å². The molecule has 1 fully saturated rings. The minimum absolute atomic E-state index is 0.0395. The number of hydrogen-bond acceptors (Lipinski definition) is 3. The van der Waals surface area contributed by atoms with E-state index in [-0.39, 0.29) is 17.5 Å². The Balaban J connectivity index is 2.27. The molecule has 1 heterocycles. The maximum absolute atomic E-state index is 10.9. The topological polar surface area (TPSA) is 72.3 Å². The first-order chi connectivity index (χ1) is 5.90. The minimum Gasteiger partial charge on any atom is -0.368 e. The summed E-state index contributed by atoms with van der Waals surface area (Å²) in [6, 6.07) is -0.0395. The number of amides is 1. The van der Waals surface area contributed by atoms with Crippen molar-refractivity contribution in [3.63, 3.8) is 0 Å². The van der Waals surface area contributed by atoms with E-state index in [1.807, 2.05) is 13.8 Å². The van der Waals surface area contributed by atoms with Crippen LogP contribution in [0, 0.1) is 0 Å². The highest BCUT2D eigenvalue weighted by molar-refractivity contribution is 5.80. The fraction of sp³-hybridized carbons (Fsp3) is 0.889. The van der Waals surface area contributed by atoms with E-state index in [2.05, 4.69) is 4.90 Å². The molecule has 1 amide bonds. The molecule has 1 atom stereocenters. The zero-order valence-corrected chi connectivity index (χ0v) is 8.42. The van der Waals surface area contributed by atoms with Gasteiger partial charge in [0.2, 0.25) is 5.91 Å². The number of rotatable bonds is 4. The Labute approximate surface area is 79.3 Å². The number of hydrogen-bond donors (Lipinski definition) is 2. The Kier molecular flexibility index (Phi) is 2.93. The third kappa shape index (κ3) is 2.97. The molecule has 4 heteroatoms. The van der Waals surface area contributed by atoms with Crippen LogP contribution >= 0.6 is 0 Å². The van der Waals surface area contributed by atoms with Crippen LogP contribution in [0.2, 0.25) is 0 Å². The molecule has 1 rings (SSSR count). The summed E-state index contributed by atoms with van der Waals surface area (Å²) in [5.41, 5.74) is 10.9. The molecule has 4 N–H and O–H groups in total. The van der Waals surface area contributed by atoms with E-state index in [4.69, 9.17) is 11.5 Å². The Morgan fingerprint density at radius 2 is 2.23 bits per heavy atom. The van der Waals surface area contributed by atoms with Crippen molar-refractivity contribution >= 4 is 5.91 Å². The predicted octanol–water partition coefficient (Wildman–Crippen LogP) is -0.327. The maximum Gasteiger partial charge on any atom is 0.234 e. The monoisotopic (exact) mass is 185 g/mol. The highest BCUT2D eigenvalue weighted by Crippen LogP contribution is 2.18. The van der Waals surface area contributed by atoms with Crippen LogP contribution in [0.3, 0.4) is 0 Å². The lowest BCUT2D eigenvalue weighted by Gasteiger charge is -2.40. The second-order valence-corrected chi connectivity index (χ2v) is 4.48. The number of primary amides is 1. The Hall–Kier alpha value is -0.610. The van der Waals surface area contributed by atoms with Crippen molar-refractivity contribution in [3.8, 4) is 0 Å². The molecule has 4 nitrogen and oxygen atoms in total. The van der Waals surface area contributed by atoms with E-state index >= 15 is 0 Å². The molecule has 0 aromatic carbocycles. The number of likely N-dealkylation sites (tertiary alicyclic amines) is 1. The lowest BCUT2D eigenvalue weighted by molar-refractivity contribution is -0.127. The van der Waals surface area contributed by atoms with Gasteiger partial charge in [-0.05, 0) is 26.7 Å². The van der Waals surface area contributed by atoms with Crippen molar-refractivity contribution in [2.45, 2.75) is 38.3 Å². The highest BCUT2D eigenvalue weighted by Gasteiger charge is 2.32. The molecule has 0 aromatic rings. The van der Waals surface area contributed by atoms with Gasteiger partial charge in [-0.1, -0.05) is 0 Å². The zero-order valence-electron chi connectivity index (χ0n) is 8.42. The van der Waals surface area contributed by atoms with E-state index < -0.39 is 0 Å². The van der Waals surface area contributed by atoms with Crippen LogP contribution in [0.15, 0.2) is 0 Å². The fourth-order valence-electron chi connectivity index (χ4n) is 1.46. The average Bonchev–Trinajstić information content (AvgIpc) is 1.79. The van der Waals surface area contributed by atoms with E-state index in [1.54, 1.807) is 0 Å². The summed E-state index contributed by atoms with van der Waals surface area (Å²) < 4.78 is 0. The zero-order chi connectivity index (χ0) is 10.1. The van der Waals surface area contributed by atoms with Crippen LogP contribution in [-0.4, -0.2) is 35.5 Å². The lowest BCUT2D eigenvalue weighted by atomic mass is 9.97. The first-order valence-corrected chi connectivity index (χ1v) is 4.72. The summed E-state index contributed by atoms with van der Waals surface area (Å²) in [5.74, 6) is -0.207. The summed E-state index contributed by atoms with van der Waals surface area (Å²) in [7, 11) is 0. The molecule has 0 spiro atoms. The molecule has 76 valence electrons. The molecular formula is C9H19N3O. The van der Waals surface area contributed by atoms with E-state index in [9.17, 15) is 4.79 Å². The van der Waals surface area contributed by atoms with Gasteiger partial charge in [0.1, 0.15) is 0 Å². The molecule has 0 aromatic heterocycles. The average molecular weight is 185 g/mol. The van der Waals surface area contributed by atoms with Gasteiger partial charge in [-0.15, -0.1) is 0 Å². The normalized spacial score (nSPS) is 24.1. The van der Waals surface area contributed by atoms with Gasteiger partial charge in [-0.3, -0.25) is 9.69 Å². The summed E-state index contributed by atoms with van der Waals surface area (Å²) in [4.78, 5) is 13.0. The SMILES string of the molecule is CC(C)(N)CCN1CCC1C(N)=O. The van der Waals surface area contributed by atoms with Crippen LogP contribution in [-0.2, 0) is 4.79 Å². The minimum atomic E-state index is -0.207. The largest absolute Gasteiger partial charge is 0.368 e. The van der Waals surface area contributed by atoms with Gasteiger partial charge in [0.05, 0.1) is 6.04 Å². The summed E-state index contributed by atoms with van der Waals surface area (Å²) in [5, 5.41) is 0. The summed E-state index contributed by atoms with van der Waals surface area (Å²) in [6.07, 6.45) is 1.80. The third-order valence-corrected chi connectivity index (χ3v) is 2.50. The Bertz CT molecular complexity index is 198. The molecular weight excluding hydrogens is 166 g/mol. The second-order valence-electron chi connectivity index (χ2n) is 4.48. The van der Waals surface area contributed by atoms with Gasteiger partial charge < -0.3 is 11.5 Å². The molecule has 1 aliphatic rings.